The van der Waals surface area contributed by atoms with E-state index < -0.39 is 11.8 Å². The molecule has 2 aromatic carbocycles. The fourth-order valence-electron chi connectivity index (χ4n) is 3.04. The maximum atomic E-state index is 11.9. The van der Waals surface area contributed by atoms with E-state index in [1.165, 1.54) is 0 Å². The molecule has 1 fully saturated rings. The molecule has 3 rings (SSSR count). The summed E-state index contributed by atoms with van der Waals surface area (Å²) in [7, 11) is 0. The van der Waals surface area contributed by atoms with Gasteiger partial charge in [-0.05, 0) is 11.1 Å². The first-order chi connectivity index (χ1) is 13.2. The number of hydrogen-bond donors (Lipinski definition) is 2. The van der Waals surface area contributed by atoms with Crippen molar-refractivity contribution >= 4 is 11.8 Å². The van der Waals surface area contributed by atoms with Gasteiger partial charge >= 0.3 is 11.8 Å². The molecule has 0 unspecified atom stereocenters. The summed E-state index contributed by atoms with van der Waals surface area (Å²) >= 11 is 0. The summed E-state index contributed by atoms with van der Waals surface area (Å²) < 4.78 is 5.84. The van der Waals surface area contributed by atoms with E-state index in [2.05, 4.69) is 27.7 Å². The average Bonchev–Trinajstić information content (AvgIpc) is 2.73. The highest BCUT2D eigenvalue weighted by Crippen LogP contribution is 2.21. The number of carbonyl (C=O) groups is 2. The maximum absolute atomic E-state index is 11.9. The Morgan fingerprint density at radius 2 is 1.63 bits per heavy atom. The summed E-state index contributed by atoms with van der Waals surface area (Å²) in [5.41, 5.74) is 2.12. The second kappa shape index (κ2) is 9.85. The Morgan fingerprint density at radius 1 is 0.963 bits per heavy atom. The molecule has 1 saturated heterocycles. The Kier molecular flexibility index (Phi) is 6.96. The smallest absolute Gasteiger partial charge is 0.309 e. The molecule has 2 amide bonds. The lowest BCUT2D eigenvalue weighted by Gasteiger charge is -2.33. The number of benzene rings is 2. The first-order valence-corrected chi connectivity index (χ1v) is 9.21. The van der Waals surface area contributed by atoms with Crippen LogP contribution >= 0.6 is 0 Å². The molecule has 6 nitrogen and oxygen atoms in total. The molecule has 0 spiro atoms. The zero-order chi connectivity index (χ0) is 18.9. The highest BCUT2D eigenvalue weighted by atomic mass is 16.5. The van der Waals surface area contributed by atoms with Crippen LogP contribution in [0.1, 0.15) is 17.2 Å². The van der Waals surface area contributed by atoms with Crippen molar-refractivity contribution in [2.45, 2.75) is 12.6 Å². The number of nitrogens with zero attached hydrogens (tertiary/aromatic N) is 1. The van der Waals surface area contributed by atoms with Crippen molar-refractivity contribution in [2.75, 3.05) is 32.8 Å². The Hall–Kier alpha value is -2.70. The molecule has 2 aromatic rings. The lowest BCUT2D eigenvalue weighted by Crippen LogP contribution is -2.45. The van der Waals surface area contributed by atoms with E-state index in [1.807, 2.05) is 48.5 Å². The van der Waals surface area contributed by atoms with Gasteiger partial charge in [0.2, 0.25) is 0 Å². The van der Waals surface area contributed by atoms with Crippen LogP contribution in [0.2, 0.25) is 0 Å². The average molecular weight is 367 g/mol. The summed E-state index contributed by atoms with van der Waals surface area (Å²) in [6.45, 7) is 3.71. The van der Waals surface area contributed by atoms with Crippen molar-refractivity contribution in [3.63, 3.8) is 0 Å². The minimum Gasteiger partial charge on any atom is -0.371 e. The van der Waals surface area contributed by atoms with Gasteiger partial charge in [-0.1, -0.05) is 60.7 Å². The third-order valence-corrected chi connectivity index (χ3v) is 4.54. The van der Waals surface area contributed by atoms with Crippen LogP contribution in [0, 0.1) is 0 Å². The molecule has 1 heterocycles. The van der Waals surface area contributed by atoms with E-state index in [4.69, 9.17) is 4.74 Å². The minimum atomic E-state index is -0.608. The van der Waals surface area contributed by atoms with Gasteiger partial charge in [-0.2, -0.15) is 0 Å². The normalized spacial score (nSPS) is 17.3. The van der Waals surface area contributed by atoms with E-state index in [-0.39, 0.29) is 6.10 Å². The number of carbonyl (C=O) groups excluding carboxylic acids is 2. The van der Waals surface area contributed by atoms with Crippen molar-refractivity contribution in [1.82, 2.24) is 15.5 Å². The highest BCUT2D eigenvalue weighted by molar-refractivity contribution is 6.35. The van der Waals surface area contributed by atoms with Gasteiger partial charge in [-0.15, -0.1) is 0 Å². The highest BCUT2D eigenvalue weighted by Gasteiger charge is 2.22. The fourth-order valence-corrected chi connectivity index (χ4v) is 3.04. The van der Waals surface area contributed by atoms with Crippen molar-refractivity contribution in [1.29, 1.82) is 0 Å². The first-order valence-electron chi connectivity index (χ1n) is 9.21. The molecule has 0 radical (unpaired) electrons. The van der Waals surface area contributed by atoms with Gasteiger partial charge in [0.05, 0.1) is 12.7 Å². The van der Waals surface area contributed by atoms with Crippen LogP contribution in [0.5, 0.6) is 0 Å². The largest absolute Gasteiger partial charge is 0.371 e. The lowest BCUT2D eigenvalue weighted by molar-refractivity contribution is -0.139. The molecule has 2 N–H and O–H groups in total. The Balaban J connectivity index is 1.37. The predicted octanol–water partition coefficient (Wildman–Crippen LogP) is 1.49. The van der Waals surface area contributed by atoms with Crippen molar-refractivity contribution < 1.29 is 14.3 Å². The van der Waals surface area contributed by atoms with Crippen molar-refractivity contribution in [3.05, 3.63) is 71.8 Å². The van der Waals surface area contributed by atoms with Gasteiger partial charge in [-0.25, -0.2) is 0 Å². The predicted molar refractivity (Wildman–Crippen MR) is 103 cm³/mol. The van der Waals surface area contributed by atoms with Crippen LogP contribution in [0.15, 0.2) is 60.7 Å². The maximum Gasteiger partial charge on any atom is 0.309 e. The molecule has 1 atom stereocenters. The topological polar surface area (TPSA) is 70.7 Å². The van der Waals surface area contributed by atoms with E-state index in [0.29, 0.717) is 26.2 Å². The summed E-state index contributed by atoms with van der Waals surface area (Å²) in [6, 6.07) is 19.6. The number of ether oxygens (including phenoxy) is 1. The Morgan fingerprint density at radius 3 is 2.37 bits per heavy atom. The summed E-state index contributed by atoms with van der Waals surface area (Å²) in [5.74, 6) is -1.21. The second-order valence-electron chi connectivity index (χ2n) is 6.49. The molecule has 0 aromatic heterocycles. The number of amides is 2. The Labute approximate surface area is 159 Å². The molecule has 6 heteroatoms. The molecule has 0 bridgehead atoms. The molecule has 0 saturated carbocycles. The lowest BCUT2D eigenvalue weighted by atomic mass is 10.1. The number of hydrogen-bond acceptors (Lipinski definition) is 4. The van der Waals surface area contributed by atoms with Gasteiger partial charge in [0.1, 0.15) is 0 Å². The summed E-state index contributed by atoms with van der Waals surface area (Å²) in [5, 5.41) is 5.32. The molecule has 1 aliphatic heterocycles. The van der Waals surface area contributed by atoms with Gasteiger partial charge in [0, 0.05) is 32.7 Å². The summed E-state index contributed by atoms with van der Waals surface area (Å²) in [6.07, 6.45) is 0.0461. The fraction of sp³-hybridized carbons (Fsp3) is 0.333. The van der Waals surface area contributed by atoms with Crippen LogP contribution < -0.4 is 10.6 Å². The summed E-state index contributed by atoms with van der Waals surface area (Å²) in [4.78, 5) is 26.0. The Bertz CT molecular complexity index is 737. The first kappa shape index (κ1) is 19.1. The van der Waals surface area contributed by atoms with Gasteiger partial charge in [0.25, 0.3) is 0 Å². The van der Waals surface area contributed by atoms with Gasteiger partial charge in [0.15, 0.2) is 0 Å². The molecule has 27 heavy (non-hydrogen) atoms. The minimum absolute atomic E-state index is 0.0461. The van der Waals surface area contributed by atoms with Crippen molar-refractivity contribution in [2.24, 2.45) is 0 Å². The monoisotopic (exact) mass is 367 g/mol. The quantitative estimate of drug-likeness (QED) is 0.759. The number of nitrogens with one attached hydrogen (secondary N) is 2. The molecule has 0 aliphatic carbocycles. The van der Waals surface area contributed by atoms with Gasteiger partial charge in [-0.3, -0.25) is 14.5 Å². The van der Waals surface area contributed by atoms with Gasteiger partial charge < -0.3 is 15.4 Å². The third-order valence-electron chi connectivity index (χ3n) is 4.54. The zero-order valence-electron chi connectivity index (χ0n) is 15.3. The zero-order valence-corrected chi connectivity index (χ0v) is 15.3. The molecular weight excluding hydrogens is 342 g/mol. The van der Waals surface area contributed by atoms with E-state index in [0.717, 1.165) is 24.2 Å². The molecule has 1 aliphatic rings. The van der Waals surface area contributed by atoms with Crippen LogP contribution in [-0.4, -0.2) is 49.5 Å². The third kappa shape index (κ3) is 5.91. The SMILES string of the molecule is O=C(NCCN1CCO[C@@H](c2ccccc2)C1)C(=O)NCc1ccccc1. The van der Waals surface area contributed by atoms with Crippen LogP contribution in [0.4, 0.5) is 0 Å². The number of morpholine rings is 1. The van der Waals surface area contributed by atoms with Crippen LogP contribution in [0.3, 0.4) is 0 Å². The standard InChI is InChI=1S/C21H25N3O3/c25-20(21(26)23-15-17-7-3-1-4-8-17)22-11-12-24-13-14-27-19(16-24)18-9-5-2-6-10-18/h1-10,19H,11-16H2,(H,22,25)(H,23,26)/t19-/m1/s1. The molecular formula is C21H25N3O3. The van der Waals surface area contributed by atoms with Crippen LogP contribution in [-0.2, 0) is 20.9 Å². The molecule has 142 valence electrons. The van der Waals surface area contributed by atoms with E-state index in [1.54, 1.807) is 0 Å². The number of rotatable bonds is 6. The second-order valence-corrected chi connectivity index (χ2v) is 6.49. The van der Waals surface area contributed by atoms with Crippen LogP contribution in [0.25, 0.3) is 0 Å². The van der Waals surface area contributed by atoms with Crippen molar-refractivity contribution in [3.8, 4) is 0 Å². The van der Waals surface area contributed by atoms with E-state index >= 15 is 0 Å². The van der Waals surface area contributed by atoms with E-state index in [9.17, 15) is 9.59 Å².